The van der Waals surface area contributed by atoms with E-state index in [1.165, 1.54) is 4.90 Å². The van der Waals surface area contributed by atoms with E-state index in [-0.39, 0.29) is 19.1 Å². The van der Waals surface area contributed by atoms with Crippen LogP contribution in [0.3, 0.4) is 0 Å². The van der Waals surface area contributed by atoms with Crippen molar-refractivity contribution in [1.82, 2.24) is 10.2 Å². The van der Waals surface area contributed by atoms with Crippen LogP contribution in [0.4, 0.5) is 10.5 Å². The molecular weight excluding hydrogens is 506 g/mol. The van der Waals surface area contributed by atoms with Gasteiger partial charge < -0.3 is 25.4 Å². The number of carbonyl (C=O) groups is 3. The van der Waals surface area contributed by atoms with Gasteiger partial charge in [-0.3, -0.25) is 9.59 Å². The standard InChI is InChI=1S/C32H41N3O5/c1-21(2)19-27(34-31(39)40-32(4,5)6)30(38)35(17-18-36)28(24-13-11-22(3)12-14-24)29(37)33-26-16-15-23-9-7-8-10-25(23)20-26/h7-16,20-21,27-28,36H,17-19H2,1-6H3,(H,33,37)(H,34,39). The lowest BCUT2D eigenvalue weighted by atomic mass is 9.98. The van der Waals surface area contributed by atoms with Gasteiger partial charge in [-0.15, -0.1) is 0 Å². The Morgan fingerprint density at radius 3 is 2.20 bits per heavy atom. The Labute approximate surface area is 236 Å². The highest BCUT2D eigenvalue weighted by Gasteiger charge is 2.36. The van der Waals surface area contributed by atoms with Gasteiger partial charge in [0.05, 0.1) is 6.61 Å². The van der Waals surface area contributed by atoms with E-state index in [9.17, 15) is 19.5 Å². The maximum Gasteiger partial charge on any atom is 0.408 e. The van der Waals surface area contributed by atoms with E-state index in [1.54, 1.807) is 32.9 Å². The van der Waals surface area contributed by atoms with Gasteiger partial charge in [0.2, 0.25) is 5.91 Å². The number of aryl methyl sites for hydroxylation is 1. The molecule has 0 bridgehead atoms. The second kappa shape index (κ2) is 13.4. The molecule has 0 radical (unpaired) electrons. The fourth-order valence-electron chi connectivity index (χ4n) is 4.52. The largest absolute Gasteiger partial charge is 0.444 e. The van der Waals surface area contributed by atoms with Crippen LogP contribution in [0.1, 0.15) is 58.2 Å². The van der Waals surface area contributed by atoms with Crippen molar-refractivity contribution in [3.8, 4) is 0 Å². The lowest BCUT2D eigenvalue weighted by Gasteiger charge is -2.34. The number of hydrogen-bond acceptors (Lipinski definition) is 5. The Kier molecular flexibility index (Phi) is 10.3. The molecule has 0 aliphatic carbocycles. The molecule has 3 aromatic carbocycles. The summed E-state index contributed by atoms with van der Waals surface area (Å²) < 4.78 is 5.41. The van der Waals surface area contributed by atoms with E-state index in [0.717, 1.165) is 16.3 Å². The minimum atomic E-state index is -1.05. The number of aliphatic hydroxyl groups excluding tert-OH is 1. The van der Waals surface area contributed by atoms with Gasteiger partial charge in [-0.05, 0) is 68.5 Å². The van der Waals surface area contributed by atoms with Crippen molar-refractivity contribution in [1.29, 1.82) is 0 Å². The lowest BCUT2D eigenvalue weighted by molar-refractivity contribution is -0.141. The number of ether oxygens (including phenoxy) is 1. The number of rotatable bonds is 10. The number of nitrogens with one attached hydrogen (secondary N) is 2. The molecule has 2 unspecified atom stereocenters. The second-order valence-electron chi connectivity index (χ2n) is 11.4. The summed E-state index contributed by atoms with van der Waals surface area (Å²) in [5.74, 6) is -0.849. The van der Waals surface area contributed by atoms with Gasteiger partial charge in [0.15, 0.2) is 0 Å². The Bertz CT molecular complexity index is 1310. The molecule has 0 aliphatic rings. The molecule has 0 aromatic heterocycles. The fourth-order valence-corrected chi connectivity index (χ4v) is 4.52. The Morgan fingerprint density at radius 2 is 1.60 bits per heavy atom. The fraction of sp³-hybridized carbons (Fsp3) is 0.406. The van der Waals surface area contributed by atoms with Crippen LogP contribution in [-0.2, 0) is 14.3 Å². The third-order valence-corrected chi connectivity index (χ3v) is 6.29. The normalized spacial score (nSPS) is 13.0. The van der Waals surface area contributed by atoms with Crippen LogP contribution in [0, 0.1) is 12.8 Å². The first-order valence-corrected chi connectivity index (χ1v) is 13.6. The molecular formula is C32H41N3O5. The van der Waals surface area contributed by atoms with Gasteiger partial charge in [0.1, 0.15) is 17.7 Å². The quantitative estimate of drug-likeness (QED) is 0.307. The third kappa shape index (κ3) is 8.55. The summed E-state index contributed by atoms with van der Waals surface area (Å²) in [6, 6.07) is 18.8. The Hall–Kier alpha value is -3.91. The summed E-state index contributed by atoms with van der Waals surface area (Å²) >= 11 is 0. The van der Waals surface area contributed by atoms with E-state index in [2.05, 4.69) is 10.6 Å². The molecule has 8 heteroatoms. The van der Waals surface area contributed by atoms with E-state index in [4.69, 9.17) is 4.74 Å². The van der Waals surface area contributed by atoms with Crippen molar-refractivity contribution < 1.29 is 24.2 Å². The van der Waals surface area contributed by atoms with Crippen molar-refractivity contribution >= 4 is 34.4 Å². The highest BCUT2D eigenvalue weighted by Crippen LogP contribution is 2.27. The first-order valence-electron chi connectivity index (χ1n) is 13.6. The zero-order valence-corrected chi connectivity index (χ0v) is 24.2. The molecule has 3 rings (SSSR count). The van der Waals surface area contributed by atoms with Crippen LogP contribution in [0.5, 0.6) is 0 Å². The van der Waals surface area contributed by atoms with E-state index in [0.29, 0.717) is 17.7 Å². The van der Waals surface area contributed by atoms with Gasteiger partial charge in [-0.25, -0.2) is 4.79 Å². The van der Waals surface area contributed by atoms with Crippen LogP contribution >= 0.6 is 0 Å². The number of amides is 3. The number of nitrogens with zero attached hydrogens (tertiary/aromatic N) is 1. The van der Waals surface area contributed by atoms with Crippen LogP contribution in [-0.4, -0.2) is 52.7 Å². The molecule has 0 fully saturated rings. The summed E-state index contributed by atoms with van der Waals surface area (Å²) in [7, 11) is 0. The van der Waals surface area contributed by atoms with Gasteiger partial charge in [-0.1, -0.05) is 74.0 Å². The van der Waals surface area contributed by atoms with Crippen LogP contribution in [0.25, 0.3) is 10.8 Å². The summed E-state index contributed by atoms with van der Waals surface area (Å²) in [5.41, 5.74) is 1.43. The number of aliphatic hydroxyl groups is 1. The van der Waals surface area contributed by atoms with Gasteiger partial charge >= 0.3 is 6.09 Å². The number of fused-ring (bicyclic) bond motifs is 1. The maximum atomic E-state index is 14.0. The van der Waals surface area contributed by atoms with Crippen LogP contribution in [0.15, 0.2) is 66.7 Å². The average Bonchev–Trinajstić information content (AvgIpc) is 2.87. The summed E-state index contributed by atoms with van der Waals surface area (Å²) in [6.07, 6.45) is -0.393. The Balaban J connectivity index is 1.99. The SMILES string of the molecule is Cc1ccc(C(C(=O)Nc2ccc3ccccc3c2)N(CCO)C(=O)C(CC(C)C)NC(=O)OC(C)(C)C)cc1. The van der Waals surface area contributed by atoms with Crippen molar-refractivity contribution in [3.05, 3.63) is 77.9 Å². The first kappa shape index (κ1) is 30.6. The monoisotopic (exact) mass is 547 g/mol. The molecule has 3 amide bonds. The lowest BCUT2D eigenvalue weighted by Crippen LogP contribution is -2.53. The number of benzene rings is 3. The van der Waals surface area contributed by atoms with E-state index < -0.39 is 35.6 Å². The molecule has 3 aromatic rings. The minimum Gasteiger partial charge on any atom is -0.444 e. The first-order chi connectivity index (χ1) is 18.9. The van der Waals surface area contributed by atoms with Crippen molar-refractivity contribution in [2.24, 2.45) is 5.92 Å². The molecule has 2 atom stereocenters. The van der Waals surface area contributed by atoms with Gasteiger partial charge in [0.25, 0.3) is 5.91 Å². The number of alkyl carbamates (subject to hydrolysis) is 1. The minimum absolute atomic E-state index is 0.0594. The predicted molar refractivity (Wildman–Crippen MR) is 158 cm³/mol. The zero-order valence-electron chi connectivity index (χ0n) is 24.2. The molecule has 3 N–H and O–H groups in total. The molecule has 8 nitrogen and oxygen atoms in total. The highest BCUT2D eigenvalue weighted by molar-refractivity contribution is 6.00. The predicted octanol–water partition coefficient (Wildman–Crippen LogP) is 5.59. The molecule has 214 valence electrons. The van der Waals surface area contributed by atoms with Crippen LogP contribution < -0.4 is 10.6 Å². The molecule has 0 heterocycles. The maximum absolute atomic E-state index is 14.0. The van der Waals surface area contributed by atoms with Gasteiger partial charge in [0, 0.05) is 12.2 Å². The molecule has 0 saturated heterocycles. The second-order valence-corrected chi connectivity index (χ2v) is 11.4. The van der Waals surface area contributed by atoms with Crippen molar-refractivity contribution in [2.75, 3.05) is 18.5 Å². The average molecular weight is 548 g/mol. The Morgan fingerprint density at radius 1 is 0.950 bits per heavy atom. The molecule has 0 aliphatic heterocycles. The molecule has 0 spiro atoms. The molecule has 0 saturated carbocycles. The van der Waals surface area contributed by atoms with Crippen LogP contribution in [0.2, 0.25) is 0 Å². The van der Waals surface area contributed by atoms with Crippen molar-refractivity contribution in [3.63, 3.8) is 0 Å². The summed E-state index contributed by atoms with van der Waals surface area (Å²) in [6.45, 7) is 10.6. The summed E-state index contributed by atoms with van der Waals surface area (Å²) in [4.78, 5) is 42.0. The number of anilines is 1. The van der Waals surface area contributed by atoms with E-state index >= 15 is 0 Å². The van der Waals surface area contributed by atoms with Crippen molar-refractivity contribution in [2.45, 2.75) is 65.6 Å². The number of carbonyl (C=O) groups excluding carboxylic acids is 3. The third-order valence-electron chi connectivity index (χ3n) is 6.29. The van der Waals surface area contributed by atoms with Gasteiger partial charge in [-0.2, -0.15) is 0 Å². The topological polar surface area (TPSA) is 108 Å². The zero-order chi connectivity index (χ0) is 29.4. The number of hydrogen-bond donors (Lipinski definition) is 3. The molecule has 40 heavy (non-hydrogen) atoms. The summed E-state index contributed by atoms with van der Waals surface area (Å²) in [5, 5.41) is 17.7. The smallest absolute Gasteiger partial charge is 0.408 e. The highest BCUT2D eigenvalue weighted by atomic mass is 16.6. The van der Waals surface area contributed by atoms with E-state index in [1.807, 2.05) is 75.4 Å².